The molecule has 1 aromatic carbocycles. The van der Waals surface area contributed by atoms with Gasteiger partial charge in [-0.25, -0.2) is 9.37 Å². The molecule has 9 heteroatoms. The highest BCUT2D eigenvalue weighted by Crippen LogP contribution is 2.39. The second kappa shape index (κ2) is 9.54. The van der Waals surface area contributed by atoms with Crippen LogP contribution in [0.1, 0.15) is 41.0 Å². The zero-order valence-corrected chi connectivity index (χ0v) is 20.0. The summed E-state index contributed by atoms with van der Waals surface area (Å²) >= 11 is 1.36. The van der Waals surface area contributed by atoms with Gasteiger partial charge in [-0.15, -0.1) is 0 Å². The number of carbonyl (C=O) groups is 2. The number of hydrogen-bond donors (Lipinski definition) is 1. The van der Waals surface area contributed by atoms with Crippen molar-refractivity contribution in [3.05, 3.63) is 30.1 Å². The zero-order chi connectivity index (χ0) is 23.5. The predicted molar refractivity (Wildman–Crippen MR) is 123 cm³/mol. The van der Waals surface area contributed by atoms with Gasteiger partial charge in [-0.3, -0.25) is 9.59 Å². The topological polar surface area (TPSA) is 80.8 Å². The van der Waals surface area contributed by atoms with Gasteiger partial charge in [0.1, 0.15) is 22.1 Å². The fourth-order valence-electron chi connectivity index (χ4n) is 3.23. The molecular formula is C23H30FN3O4S. The molecule has 0 aliphatic carbocycles. The number of ether oxygens (including phenoxy) is 2. The van der Waals surface area contributed by atoms with Gasteiger partial charge in [-0.2, -0.15) is 0 Å². The summed E-state index contributed by atoms with van der Waals surface area (Å²) in [5, 5.41) is 4.17. The summed E-state index contributed by atoms with van der Waals surface area (Å²) in [6.45, 7) is 11.4. The molecule has 0 radical (unpaired) electrons. The molecule has 1 N–H and O–H groups in total. The van der Waals surface area contributed by atoms with E-state index in [2.05, 4.69) is 15.2 Å². The number of nitrogens with zero attached hydrogens (tertiary/aromatic N) is 2. The molecular weight excluding hydrogens is 433 g/mol. The van der Waals surface area contributed by atoms with Crippen LogP contribution in [0.3, 0.4) is 0 Å². The Morgan fingerprint density at radius 1 is 1.16 bits per heavy atom. The van der Waals surface area contributed by atoms with Gasteiger partial charge in [0, 0.05) is 18.7 Å². The first-order chi connectivity index (χ1) is 14.9. The maximum absolute atomic E-state index is 13.4. The van der Waals surface area contributed by atoms with Gasteiger partial charge >= 0.3 is 5.97 Å². The molecule has 0 saturated carbocycles. The number of hydrogen-bond acceptors (Lipinski definition) is 7. The van der Waals surface area contributed by atoms with Crippen molar-refractivity contribution in [2.24, 2.45) is 5.41 Å². The lowest BCUT2D eigenvalue weighted by Crippen LogP contribution is -2.36. The van der Waals surface area contributed by atoms with Crippen LogP contribution < -0.4 is 10.2 Å². The van der Waals surface area contributed by atoms with E-state index in [0.29, 0.717) is 37.1 Å². The minimum absolute atomic E-state index is 0.0530. The van der Waals surface area contributed by atoms with E-state index in [0.717, 1.165) is 10.6 Å². The first-order valence-corrected chi connectivity index (χ1v) is 11.4. The molecule has 1 aliphatic rings. The molecule has 1 aromatic heterocycles. The monoisotopic (exact) mass is 463 g/mol. The minimum atomic E-state index is -0.983. The molecule has 1 aliphatic heterocycles. The van der Waals surface area contributed by atoms with Crippen LogP contribution in [0.5, 0.6) is 0 Å². The van der Waals surface area contributed by atoms with E-state index in [-0.39, 0.29) is 18.1 Å². The number of nitrogens with one attached hydrogen (secondary N) is 1. The van der Waals surface area contributed by atoms with E-state index in [1.807, 2.05) is 0 Å². The Bertz CT molecular complexity index is 961. The van der Waals surface area contributed by atoms with Crippen molar-refractivity contribution < 1.29 is 23.5 Å². The van der Waals surface area contributed by atoms with Gasteiger partial charge in [0.05, 0.1) is 25.0 Å². The maximum atomic E-state index is 13.4. The molecule has 1 amide bonds. The number of aromatic nitrogens is 1. The number of thiazole rings is 1. The molecule has 174 valence electrons. The van der Waals surface area contributed by atoms with Crippen LogP contribution in [0.25, 0.3) is 11.3 Å². The fourth-order valence-corrected chi connectivity index (χ4v) is 4.26. The van der Waals surface area contributed by atoms with Crippen LogP contribution in [-0.4, -0.2) is 48.8 Å². The average molecular weight is 464 g/mol. The smallest absolute Gasteiger partial charge is 0.307 e. The average Bonchev–Trinajstić information content (AvgIpc) is 3.11. The van der Waals surface area contributed by atoms with Gasteiger partial charge < -0.3 is 19.7 Å². The second-order valence-corrected chi connectivity index (χ2v) is 10.4. The summed E-state index contributed by atoms with van der Waals surface area (Å²) in [4.78, 5) is 32.0. The van der Waals surface area contributed by atoms with E-state index in [9.17, 15) is 14.0 Å². The molecule has 7 nitrogen and oxygen atoms in total. The number of rotatable bonds is 6. The van der Waals surface area contributed by atoms with Crippen LogP contribution >= 0.6 is 11.3 Å². The number of morpholine rings is 1. The maximum Gasteiger partial charge on any atom is 0.307 e. The van der Waals surface area contributed by atoms with Crippen molar-refractivity contribution >= 4 is 33.3 Å². The number of benzene rings is 1. The molecule has 3 rings (SSSR count). The third-order valence-corrected chi connectivity index (χ3v) is 5.90. The molecule has 1 fully saturated rings. The normalized spacial score (nSPS) is 14.9. The van der Waals surface area contributed by atoms with Crippen LogP contribution in [0.2, 0.25) is 0 Å². The summed E-state index contributed by atoms with van der Waals surface area (Å²) in [6, 6.07) is 6.12. The Morgan fingerprint density at radius 3 is 2.38 bits per heavy atom. The zero-order valence-electron chi connectivity index (χ0n) is 19.2. The Balaban J connectivity index is 1.82. The Morgan fingerprint density at radius 2 is 1.78 bits per heavy atom. The minimum Gasteiger partial charge on any atom is -0.460 e. The number of halogens is 1. The largest absolute Gasteiger partial charge is 0.460 e. The van der Waals surface area contributed by atoms with Gasteiger partial charge in [-0.05, 0) is 45.0 Å². The van der Waals surface area contributed by atoms with Crippen molar-refractivity contribution in [3.8, 4) is 11.3 Å². The molecule has 1 saturated heterocycles. The first kappa shape index (κ1) is 24.1. The van der Waals surface area contributed by atoms with Gasteiger partial charge in [0.25, 0.3) is 0 Å². The Labute approximate surface area is 191 Å². The molecule has 2 aromatic rings. The number of esters is 1. The number of carbonyl (C=O) groups excluding carboxylic acids is 2. The quantitative estimate of drug-likeness (QED) is 0.636. The Kier molecular flexibility index (Phi) is 7.19. The third-order valence-electron chi connectivity index (χ3n) is 4.87. The fraction of sp³-hybridized carbons (Fsp3) is 0.522. The summed E-state index contributed by atoms with van der Waals surface area (Å²) < 4.78 is 24.2. The lowest BCUT2D eigenvalue weighted by Gasteiger charge is -2.28. The van der Waals surface area contributed by atoms with Gasteiger partial charge in [0.15, 0.2) is 5.13 Å². The summed E-state index contributed by atoms with van der Waals surface area (Å²) in [5.74, 6) is -1.08. The molecule has 0 atom stereocenters. The molecule has 0 unspecified atom stereocenters. The van der Waals surface area contributed by atoms with E-state index >= 15 is 0 Å². The first-order valence-electron chi connectivity index (χ1n) is 10.6. The van der Waals surface area contributed by atoms with Crippen molar-refractivity contribution in [1.82, 2.24) is 4.98 Å². The third kappa shape index (κ3) is 6.26. The number of amides is 1. The lowest BCUT2D eigenvalue weighted by molar-refractivity contribution is -0.158. The lowest BCUT2D eigenvalue weighted by atomic mass is 9.88. The van der Waals surface area contributed by atoms with Crippen molar-refractivity contribution in [2.45, 2.75) is 46.6 Å². The molecule has 0 bridgehead atoms. The van der Waals surface area contributed by atoms with E-state index in [1.165, 1.54) is 23.5 Å². The van der Waals surface area contributed by atoms with Crippen molar-refractivity contribution in [3.63, 3.8) is 0 Å². The molecule has 32 heavy (non-hydrogen) atoms. The van der Waals surface area contributed by atoms with Crippen molar-refractivity contribution in [2.75, 3.05) is 36.5 Å². The van der Waals surface area contributed by atoms with Gasteiger partial charge in [0.2, 0.25) is 5.91 Å². The van der Waals surface area contributed by atoms with Crippen LogP contribution in [0.4, 0.5) is 14.5 Å². The van der Waals surface area contributed by atoms with E-state index in [1.54, 1.807) is 46.8 Å². The highest BCUT2D eigenvalue weighted by molar-refractivity contribution is 7.20. The molecule has 2 heterocycles. The van der Waals surface area contributed by atoms with Crippen LogP contribution in [-0.2, 0) is 19.1 Å². The van der Waals surface area contributed by atoms with Crippen molar-refractivity contribution in [1.29, 1.82) is 0 Å². The summed E-state index contributed by atoms with van der Waals surface area (Å²) in [7, 11) is 0. The second-order valence-electron chi connectivity index (χ2n) is 9.38. The summed E-state index contributed by atoms with van der Waals surface area (Å²) in [5.41, 5.74) is -0.158. The SMILES string of the molecule is CC(C)(C)OC(=O)CC(C)(C)C(=O)Nc1nc(-c2ccc(F)cc2)c(N2CCOCC2)s1. The predicted octanol–water partition coefficient (Wildman–Crippen LogP) is 4.48. The standard InChI is InChI=1S/C23H30FN3O4S/c1-22(2,3)31-17(28)14-23(4,5)20(29)26-21-25-18(15-6-8-16(24)9-7-15)19(32-21)27-10-12-30-13-11-27/h6-9H,10-14H2,1-5H3,(H,25,26,29). The van der Waals surface area contributed by atoms with E-state index < -0.39 is 17.0 Å². The van der Waals surface area contributed by atoms with Crippen LogP contribution in [0, 0.1) is 11.2 Å². The van der Waals surface area contributed by atoms with Crippen LogP contribution in [0.15, 0.2) is 24.3 Å². The molecule has 0 spiro atoms. The van der Waals surface area contributed by atoms with Gasteiger partial charge in [-0.1, -0.05) is 25.2 Å². The highest BCUT2D eigenvalue weighted by atomic mass is 32.1. The highest BCUT2D eigenvalue weighted by Gasteiger charge is 2.34. The van der Waals surface area contributed by atoms with E-state index in [4.69, 9.17) is 9.47 Å². The summed E-state index contributed by atoms with van der Waals surface area (Å²) in [6.07, 6.45) is -0.0530. The Hall–Kier alpha value is -2.52. The number of anilines is 2.